The second-order valence-corrected chi connectivity index (χ2v) is 3.02. The van der Waals surface area contributed by atoms with E-state index in [2.05, 4.69) is 0 Å². The van der Waals surface area contributed by atoms with E-state index in [-0.39, 0.29) is 12.8 Å². The molecule has 0 rings (SSSR count). The third-order valence-electron chi connectivity index (χ3n) is 1.64. The van der Waals surface area contributed by atoms with E-state index in [1.807, 2.05) is 0 Å². The smallest absolute Gasteiger partial charge is 0.157 e. The lowest BCUT2D eigenvalue weighted by Gasteiger charge is -2.25. The summed E-state index contributed by atoms with van der Waals surface area (Å²) in [6.07, 6.45) is -0.374. The van der Waals surface area contributed by atoms with Gasteiger partial charge in [-0.1, -0.05) is 0 Å². The van der Waals surface area contributed by atoms with Crippen molar-refractivity contribution in [3.8, 4) is 0 Å². The second kappa shape index (κ2) is 7.21. The minimum Gasteiger partial charge on any atom is -0.353 e. The van der Waals surface area contributed by atoms with E-state index < -0.39 is 38.2 Å². The largest absolute Gasteiger partial charge is 0.353 e. The molecule has 0 bridgehead atoms. The summed E-state index contributed by atoms with van der Waals surface area (Å²) in [5.74, 6) is 0. The molecule has 0 radical (unpaired) electrons. The van der Waals surface area contributed by atoms with Gasteiger partial charge >= 0.3 is 0 Å². The normalized spacial score (nSPS) is 24.6. The lowest BCUT2D eigenvalue weighted by atomic mass is 10.3. The summed E-state index contributed by atoms with van der Waals surface area (Å²) in [5.41, 5.74) is 0. The minimum absolute atomic E-state index is 0.0276. The number of quaternary nitrogens is 1. The van der Waals surface area contributed by atoms with Gasteiger partial charge in [0, 0.05) is 26.1 Å². The minimum atomic E-state index is -3.21. The van der Waals surface area contributed by atoms with Gasteiger partial charge in [-0.2, -0.15) is 0 Å². The van der Waals surface area contributed by atoms with Gasteiger partial charge in [-0.25, -0.2) is 0 Å². The molecule has 0 saturated carbocycles. The zero-order valence-corrected chi connectivity index (χ0v) is 8.88. The molecule has 0 fully saturated rings. The molecule has 0 atom stereocenters. The fraction of sp³-hybridized carbons (Fsp3) is 1.00. The Morgan fingerprint density at radius 3 is 2.14 bits per heavy atom. The van der Waals surface area contributed by atoms with E-state index in [9.17, 15) is 0 Å². The molecule has 0 N–H and O–H groups in total. The van der Waals surface area contributed by atoms with E-state index in [0.717, 1.165) is 0 Å². The Balaban J connectivity index is 5.35. The van der Waals surface area contributed by atoms with Gasteiger partial charge < -0.3 is 14.0 Å². The molecule has 0 aliphatic rings. The van der Waals surface area contributed by atoms with Gasteiger partial charge in [0.2, 0.25) is 0 Å². The molecule has 3 nitrogen and oxygen atoms in total. The van der Waals surface area contributed by atoms with Gasteiger partial charge in [-0.3, -0.25) is 0 Å². The van der Waals surface area contributed by atoms with Crippen molar-refractivity contribution in [3.63, 3.8) is 0 Å². The first-order valence-corrected chi connectivity index (χ1v) is 4.86. The molecule has 0 spiro atoms. The molecule has 3 heteroatoms. The summed E-state index contributed by atoms with van der Waals surface area (Å²) >= 11 is 0. The average Bonchev–Trinajstić information content (AvgIpc) is 2.29. The molecular weight excluding hydrogens is 178 g/mol. The monoisotopic (exact) mass is 213 g/mol. The van der Waals surface area contributed by atoms with E-state index in [1.54, 1.807) is 13.8 Å². The Hall–Kier alpha value is -0.120. The summed E-state index contributed by atoms with van der Waals surface area (Å²) < 4.78 is 76.3. The number of ether oxygens (including phenoxy) is 2. The number of rotatable bonds is 8. The van der Waals surface area contributed by atoms with Crippen molar-refractivity contribution in [2.24, 2.45) is 0 Å². The molecule has 0 unspecified atom stereocenters. The van der Waals surface area contributed by atoms with Crippen LogP contribution in [0.1, 0.15) is 39.0 Å². The van der Waals surface area contributed by atoms with Crippen molar-refractivity contribution in [2.75, 3.05) is 40.7 Å². The Morgan fingerprint density at radius 2 is 1.71 bits per heavy atom. The van der Waals surface area contributed by atoms with Gasteiger partial charge in [-0.05, 0) is 13.8 Å². The molecule has 0 saturated heterocycles. The van der Waals surface area contributed by atoms with Crippen molar-refractivity contribution >= 4 is 0 Å². The van der Waals surface area contributed by atoms with Gasteiger partial charge in [0.25, 0.3) is 0 Å². The van der Waals surface area contributed by atoms with Gasteiger partial charge in [0.1, 0.15) is 0 Å². The first-order chi connectivity index (χ1) is 10.2. The maximum Gasteiger partial charge on any atom is 0.157 e. The van der Waals surface area contributed by atoms with Crippen LogP contribution in [0.3, 0.4) is 0 Å². The topological polar surface area (TPSA) is 18.5 Å². The Morgan fingerprint density at radius 1 is 1.14 bits per heavy atom. The predicted octanol–water partition coefficient (Wildman–Crippen LogP) is 1.87. The standard InChI is InChI=1S/C11H26NO2/c1-6-13-11(14-7-2)9-8-10-12(3,4)5/h11H,6-10H2,1-5H3/q+1/i3D3,4D3,5D3. The summed E-state index contributed by atoms with van der Waals surface area (Å²) in [7, 11) is 0. The van der Waals surface area contributed by atoms with Crippen LogP contribution in [0.5, 0.6) is 0 Å². The van der Waals surface area contributed by atoms with Gasteiger partial charge in [0.15, 0.2) is 6.29 Å². The van der Waals surface area contributed by atoms with Crippen molar-refractivity contribution in [1.82, 2.24) is 0 Å². The first kappa shape index (κ1) is 4.81. The number of hydrogen-bond donors (Lipinski definition) is 0. The molecule has 0 aliphatic heterocycles. The lowest BCUT2D eigenvalue weighted by molar-refractivity contribution is -0.870. The maximum absolute atomic E-state index is 7.52. The van der Waals surface area contributed by atoms with Crippen LogP contribution < -0.4 is 0 Å². The fourth-order valence-corrected chi connectivity index (χ4v) is 1.08. The molecule has 0 aliphatic carbocycles. The molecule has 0 amide bonds. The zero-order chi connectivity index (χ0) is 18.5. The van der Waals surface area contributed by atoms with Crippen LogP contribution in [-0.2, 0) is 9.47 Å². The van der Waals surface area contributed by atoms with Crippen LogP contribution in [0, 0.1) is 0 Å². The third-order valence-corrected chi connectivity index (χ3v) is 1.64. The van der Waals surface area contributed by atoms with Crippen LogP contribution in [0.25, 0.3) is 0 Å². The summed E-state index contributed by atoms with van der Waals surface area (Å²) in [4.78, 5) is 0. The molecular formula is C11H26NO2+. The molecule has 86 valence electrons. The van der Waals surface area contributed by atoms with Crippen molar-refractivity contribution in [2.45, 2.75) is 33.0 Å². The van der Waals surface area contributed by atoms with Crippen LogP contribution in [0.4, 0.5) is 0 Å². The van der Waals surface area contributed by atoms with E-state index in [4.69, 9.17) is 21.8 Å². The fourth-order valence-electron chi connectivity index (χ4n) is 1.08. The van der Waals surface area contributed by atoms with Crippen LogP contribution in [0.15, 0.2) is 0 Å². The summed E-state index contributed by atoms with van der Waals surface area (Å²) in [6.45, 7) is -5.89. The number of nitrogens with zero attached hydrogens (tertiary/aromatic N) is 1. The molecule has 0 aromatic carbocycles. The van der Waals surface area contributed by atoms with Crippen LogP contribution in [0.2, 0.25) is 0 Å². The summed E-state index contributed by atoms with van der Waals surface area (Å²) in [5, 5.41) is 0. The predicted molar refractivity (Wildman–Crippen MR) is 59.2 cm³/mol. The molecule has 14 heavy (non-hydrogen) atoms. The highest BCUT2D eigenvalue weighted by Crippen LogP contribution is 2.06. The Labute approximate surface area is 101 Å². The Bertz CT molecular complexity index is 309. The lowest BCUT2D eigenvalue weighted by Crippen LogP contribution is -2.35. The second-order valence-electron chi connectivity index (χ2n) is 3.02. The third kappa shape index (κ3) is 8.48. The maximum atomic E-state index is 7.52. The van der Waals surface area contributed by atoms with E-state index >= 15 is 0 Å². The Kier molecular flexibility index (Phi) is 2.48. The molecule has 0 aromatic rings. The highest BCUT2D eigenvalue weighted by molar-refractivity contribution is 4.45. The van der Waals surface area contributed by atoms with Crippen molar-refractivity contribution < 1.29 is 26.3 Å². The average molecular weight is 213 g/mol. The van der Waals surface area contributed by atoms with Crippen LogP contribution >= 0.6 is 0 Å². The SMILES string of the molecule is [2H]C([2H])([2H])[N+](CCCC(OCC)OCC)(C([2H])([2H])[2H])C([2H])([2H])[2H]. The number of hydrogen-bond acceptors (Lipinski definition) is 2. The van der Waals surface area contributed by atoms with Crippen molar-refractivity contribution in [1.29, 1.82) is 0 Å². The van der Waals surface area contributed by atoms with E-state index in [0.29, 0.717) is 13.2 Å². The highest BCUT2D eigenvalue weighted by Gasteiger charge is 2.11. The van der Waals surface area contributed by atoms with E-state index in [1.165, 1.54) is 0 Å². The molecule has 0 aromatic heterocycles. The van der Waals surface area contributed by atoms with Crippen LogP contribution in [-0.4, -0.2) is 51.5 Å². The summed E-state index contributed by atoms with van der Waals surface area (Å²) in [6, 6.07) is 0. The first-order valence-electron chi connectivity index (χ1n) is 9.36. The molecule has 0 heterocycles. The zero-order valence-electron chi connectivity index (χ0n) is 17.9. The highest BCUT2D eigenvalue weighted by atomic mass is 16.7. The van der Waals surface area contributed by atoms with Gasteiger partial charge in [-0.15, -0.1) is 0 Å². The quantitative estimate of drug-likeness (QED) is 0.453. The van der Waals surface area contributed by atoms with Crippen molar-refractivity contribution in [3.05, 3.63) is 0 Å². The van der Waals surface area contributed by atoms with Gasteiger partial charge in [0.05, 0.1) is 39.8 Å².